The maximum atomic E-state index is 11.7. The average molecular weight is 356 g/mol. The number of aliphatic hydroxyl groups is 1. The minimum Gasteiger partial charge on any atom is -0.466 e. The van der Waals surface area contributed by atoms with Crippen LogP contribution >= 0.6 is 0 Å². The second-order valence-electron chi connectivity index (χ2n) is 6.37. The van der Waals surface area contributed by atoms with E-state index in [9.17, 15) is 9.90 Å². The molecule has 0 aromatic carbocycles. The predicted molar refractivity (Wildman–Crippen MR) is 89.7 cm³/mol. The summed E-state index contributed by atoms with van der Waals surface area (Å²) in [4.78, 5) is 11.7. The Morgan fingerprint density at radius 3 is 2.56 bits per heavy atom. The quantitative estimate of drug-likeness (QED) is 0.307. The summed E-state index contributed by atoms with van der Waals surface area (Å²) in [7, 11) is 2.70. The lowest BCUT2D eigenvalue weighted by Crippen LogP contribution is -2.47. The smallest absolute Gasteiger partial charge is 0.335 e. The van der Waals surface area contributed by atoms with E-state index in [2.05, 4.69) is 17.9 Å². The fraction of sp³-hybridized carbons (Fsp3) is 0.722. The van der Waals surface area contributed by atoms with Crippen molar-refractivity contribution in [3.8, 4) is 0 Å². The molecule has 1 aliphatic carbocycles. The number of rotatable bonds is 8. The van der Waals surface area contributed by atoms with E-state index in [1.165, 1.54) is 14.2 Å². The van der Waals surface area contributed by atoms with Crippen molar-refractivity contribution in [1.82, 2.24) is 0 Å². The summed E-state index contributed by atoms with van der Waals surface area (Å²) >= 11 is 0. The Bertz CT molecular complexity index is 484. The molecule has 25 heavy (non-hydrogen) atoms. The zero-order chi connectivity index (χ0) is 18.4. The van der Waals surface area contributed by atoms with Gasteiger partial charge in [0.05, 0.1) is 12.7 Å². The molecule has 1 spiro atoms. The van der Waals surface area contributed by atoms with E-state index in [4.69, 9.17) is 18.9 Å². The summed E-state index contributed by atoms with van der Waals surface area (Å²) in [6, 6.07) is 0. The Morgan fingerprint density at radius 2 is 2.00 bits per heavy atom. The summed E-state index contributed by atoms with van der Waals surface area (Å²) in [6.07, 6.45) is 3.01. The number of hydrogen-bond donors (Lipinski definition) is 1. The molecule has 2 fully saturated rings. The van der Waals surface area contributed by atoms with Gasteiger partial charge >= 0.3 is 5.97 Å². The first-order valence-electron chi connectivity index (χ1n) is 8.52. The number of carbonyl (C=O) groups excluding carboxylic acids is 1. The molecular formula is C18H28O7. The monoisotopic (exact) mass is 356 g/mol. The van der Waals surface area contributed by atoms with E-state index in [1.807, 2.05) is 0 Å². The van der Waals surface area contributed by atoms with E-state index >= 15 is 0 Å². The normalized spacial score (nSPS) is 27.6. The van der Waals surface area contributed by atoms with Gasteiger partial charge in [-0.3, -0.25) is 0 Å². The second-order valence-corrected chi connectivity index (χ2v) is 6.37. The van der Waals surface area contributed by atoms with Crippen molar-refractivity contribution >= 4 is 5.97 Å². The van der Waals surface area contributed by atoms with E-state index in [-0.39, 0.29) is 12.4 Å². The zero-order valence-corrected chi connectivity index (χ0v) is 14.9. The standard InChI is InChI=1S/C18H28O7/c1-5-13-15(25-18(24-13)9-7-6-8-10-18)16(23-11-21-3)14(19)12(2)17(20)22-4/h5,13-16,19H,1-2,6-11H2,3-4H3/t13-,14+,15-,16+/m0/s1. The molecular weight excluding hydrogens is 328 g/mol. The van der Waals surface area contributed by atoms with Crippen molar-refractivity contribution in [2.75, 3.05) is 21.0 Å². The number of aliphatic hydroxyl groups excluding tert-OH is 1. The third kappa shape index (κ3) is 4.48. The third-order valence-electron chi connectivity index (χ3n) is 4.69. The molecule has 1 aliphatic heterocycles. The van der Waals surface area contributed by atoms with Crippen molar-refractivity contribution in [3.63, 3.8) is 0 Å². The molecule has 1 saturated carbocycles. The van der Waals surface area contributed by atoms with Crippen LogP contribution in [0.15, 0.2) is 24.8 Å². The van der Waals surface area contributed by atoms with E-state index in [0.717, 1.165) is 32.1 Å². The van der Waals surface area contributed by atoms with E-state index in [0.29, 0.717) is 0 Å². The number of methoxy groups -OCH3 is 2. The molecule has 0 aromatic rings. The van der Waals surface area contributed by atoms with Crippen LogP contribution in [0.25, 0.3) is 0 Å². The van der Waals surface area contributed by atoms with Crippen LogP contribution in [0.1, 0.15) is 32.1 Å². The molecule has 4 atom stereocenters. The molecule has 0 radical (unpaired) electrons. The number of hydrogen-bond acceptors (Lipinski definition) is 7. The molecule has 1 saturated heterocycles. The highest BCUT2D eigenvalue weighted by atomic mass is 16.8. The molecule has 1 N–H and O–H groups in total. The Hall–Kier alpha value is -1.25. The number of esters is 1. The maximum Gasteiger partial charge on any atom is 0.335 e. The fourth-order valence-corrected chi connectivity index (χ4v) is 3.38. The highest BCUT2D eigenvalue weighted by Crippen LogP contribution is 2.42. The van der Waals surface area contributed by atoms with Crippen LogP contribution in [-0.2, 0) is 28.5 Å². The molecule has 7 nitrogen and oxygen atoms in total. The van der Waals surface area contributed by atoms with Crippen molar-refractivity contribution in [3.05, 3.63) is 24.8 Å². The van der Waals surface area contributed by atoms with Gasteiger partial charge in [-0.25, -0.2) is 4.79 Å². The minimum atomic E-state index is -1.32. The average Bonchev–Trinajstić information content (AvgIpc) is 2.98. The minimum absolute atomic E-state index is 0.0765. The summed E-state index contributed by atoms with van der Waals surface area (Å²) in [5.41, 5.74) is -0.111. The lowest BCUT2D eigenvalue weighted by molar-refractivity contribution is -0.213. The predicted octanol–water partition coefficient (Wildman–Crippen LogP) is 1.70. The molecule has 0 amide bonds. The summed E-state index contributed by atoms with van der Waals surface area (Å²) in [6.45, 7) is 7.34. The van der Waals surface area contributed by atoms with Gasteiger partial charge in [0.2, 0.25) is 0 Å². The van der Waals surface area contributed by atoms with Gasteiger partial charge in [0.25, 0.3) is 0 Å². The first kappa shape index (κ1) is 20.1. The Kier molecular flexibility index (Phi) is 7.15. The topological polar surface area (TPSA) is 83.5 Å². The van der Waals surface area contributed by atoms with Gasteiger partial charge in [-0.05, 0) is 12.8 Å². The van der Waals surface area contributed by atoms with E-state index in [1.54, 1.807) is 6.08 Å². The van der Waals surface area contributed by atoms with Gasteiger partial charge in [-0.2, -0.15) is 0 Å². The van der Waals surface area contributed by atoms with Gasteiger partial charge in [0.1, 0.15) is 31.2 Å². The molecule has 2 aliphatic rings. The van der Waals surface area contributed by atoms with Crippen LogP contribution in [0, 0.1) is 0 Å². The van der Waals surface area contributed by atoms with Gasteiger partial charge < -0.3 is 28.8 Å². The first-order valence-corrected chi connectivity index (χ1v) is 8.52. The van der Waals surface area contributed by atoms with Crippen molar-refractivity contribution < 1.29 is 33.6 Å². The Balaban J connectivity index is 2.21. The second kappa shape index (κ2) is 8.91. The largest absolute Gasteiger partial charge is 0.466 e. The molecule has 142 valence electrons. The highest BCUT2D eigenvalue weighted by molar-refractivity contribution is 5.88. The van der Waals surface area contributed by atoms with Crippen LogP contribution in [0.2, 0.25) is 0 Å². The fourth-order valence-electron chi connectivity index (χ4n) is 3.38. The van der Waals surface area contributed by atoms with Gasteiger partial charge in [-0.15, -0.1) is 6.58 Å². The maximum absolute atomic E-state index is 11.7. The molecule has 0 bridgehead atoms. The molecule has 0 aromatic heterocycles. The lowest BCUT2D eigenvalue weighted by Gasteiger charge is -2.33. The van der Waals surface area contributed by atoms with Crippen molar-refractivity contribution in [1.29, 1.82) is 0 Å². The first-order chi connectivity index (χ1) is 12.0. The van der Waals surface area contributed by atoms with Crippen molar-refractivity contribution in [2.24, 2.45) is 0 Å². The lowest BCUT2D eigenvalue weighted by atomic mass is 9.94. The van der Waals surface area contributed by atoms with Gasteiger partial charge in [0, 0.05) is 20.0 Å². The third-order valence-corrected chi connectivity index (χ3v) is 4.69. The SMILES string of the molecule is C=C[C@@H]1OC2(CCCCC2)O[C@@H]1[C@H](OCOC)[C@H](O)C(=C)C(=O)OC. The zero-order valence-electron chi connectivity index (χ0n) is 14.9. The van der Waals surface area contributed by atoms with E-state index < -0.39 is 36.2 Å². The van der Waals surface area contributed by atoms with Crippen LogP contribution in [-0.4, -0.2) is 62.3 Å². The Morgan fingerprint density at radius 1 is 1.32 bits per heavy atom. The van der Waals surface area contributed by atoms with Crippen LogP contribution in [0.5, 0.6) is 0 Å². The summed E-state index contributed by atoms with van der Waals surface area (Å²) in [5, 5.41) is 10.6. The Labute approximate surface area is 148 Å². The summed E-state index contributed by atoms with van der Waals surface area (Å²) < 4.78 is 27.5. The molecule has 1 heterocycles. The molecule has 2 rings (SSSR count). The van der Waals surface area contributed by atoms with Crippen LogP contribution in [0.4, 0.5) is 0 Å². The van der Waals surface area contributed by atoms with Crippen LogP contribution < -0.4 is 0 Å². The summed E-state index contributed by atoms with van der Waals surface area (Å²) in [5.74, 6) is -1.40. The number of carbonyl (C=O) groups is 1. The number of ether oxygens (including phenoxy) is 5. The van der Waals surface area contributed by atoms with Gasteiger partial charge in [-0.1, -0.05) is 19.1 Å². The molecule has 7 heteroatoms. The highest BCUT2D eigenvalue weighted by Gasteiger charge is 2.52. The van der Waals surface area contributed by atoms with Gasteiger partial charge in [0.15, 0.2) is 5.79 Å². The van der Waals surface area contributed by atoms with Crippen LogP contribution in [0.3, 0.4) is 0 Å². The van der Waals surface area contributed by atoms with Crippen molar-refractivity contribution in [2.45, 2.75) is 62.3 Å². The molecule has 0 unspecified atom stereocenters.